The van der Waals surface area contributed by atoms with Gasteiger partial charge in [-0.05, 0) is 55.3 Å². The summed E-state index contributed by atoms with van der Waals surface area (Å²) in [4.78, 5) is 4.42. The van der Waals surface area contributed by atoms with Gasteiger partial charge in [-0.2, -0.15) is 0 Å². The zero-order valence-electron chi connectivity index (χ0n) is 14.3. The summed E-state index contributed by atoms with van der Waals surface area (Å²) in [5.74, 6) is 2.15. The number of aliphatic imine (C=N–C) groups is 1. The normalized spacial score (nSPS) is 14.3. The first-order valence-corrected chi connectivity index (χ1v) is 9.13. The van der Waals surface area contributed by atoms with Crippen molar-refractivity contribution in [2.45, 2.75) is 32.2 Å². The first kappa shape index (κ1) is 16.8. The Morgan fingerprint density at radius 3 is 2.73 bits per heavy atom. The van der Waals surface area contributed by atoms with Crippen molar-refractivity contribution < 1.29 is 5.11 Å². The summed E-state index contributed by atoms with van der Waals surface area (Å²) in [6.07, 6.45) is 6.20. The molecule has 0 spiro atoms. The van der Waals surface area contributed by atoms with Crippen LogP contribution in [-0.4, -0.2) is 26.1 Å². The minimum Gasteiger partial charge on any atom is -0.507 e. The molecule has 0 saturated heterocycles. The number of hydrogen-bond donors (Lipinski definition) is 1. The van der Waals surface area contributed by atoms with E-state index in [4.69, 9.17) is 11.6 Å². The van der Waals surface area contributed by atoms with Crippen LogP contribution in [0.5, 0.6) is 5.75 Å². The molecule has 0 fully saturated rings. The van der Waals surface area contributed by atoms with E-state index in [1.54, 1.807) is 24.4 Å². The summed E-state index contributed by atoms with van der Waals surface area (Å²) in [6.45, 7) is 0.978. The Morgan fingerprint density at radius 1 is 1.04 bits per heavy atom. The van der Waals surface area contributed by atoms with E-state index >= 15 is 0 Å². The van der Waals surface area contributed by atoms with Gasteiger partial charge in [0.25, 0.3) is 0 Å². The Bertz CT molecular complexity index is 947. The molecule has 0 saturated carbocycles. The van der Waals surface area contributed by atoms with Crippen LogP contribution < -0.4 is 0 Å². The lowest BCUT2D eigenvalue weighted by atomic mass is 10.2. The lowest BCUT2D eigenvalue weighted by molar-refractivity contribution is 0.474. The van der Waals surface area contributed by atoms with Crippen molar-refractivity contribution >= 4 is 23.5 Å². The Balaban J connectivity index is 1.57. The number of aromatic nitrogens is 3. The number of nitrogens with zero attached hydrogens (tertiary/aromatic N) is 4. The van der Waals surface area contributed by atoms with Gasteiger partial charge in [0.15, 0.2) is 5.82 Å². The minimum atomic E-state index is 0.154. The largest absolute Gasteiger partial charge is 0.507 e. The maximum atomic E-state index is 9.85. The average molecular weight is 367 g/mol. The van der Waals surface area contributed by atoms with Gasteiger partial charge in [0.05, 0.1) is 5.69 Å². The van der Waals surface area contributed by atoms with Gasteiger partial charge >= 0.3 is 0 Å². The van der Waals surface area contributed by atoms with Gasteiger partial charge in [-0.15, -0.1) is 10.2 Å². The molecular weight excluding hydrogens is 348 g/mol. The summed E-state index contributed by atoms with van der Waals surface area (Å²) in [7, 11) is 0. The summed E-state index contributed by atoms with van der Waals surface area (Å²) in [5, 5.41) is 19.1. The average Bonchev–Trinajstić information content (AvgIpc) is 2.91. The van der Waals surface area contributed by atoms with Crippen molar-refractivity contribution in [3.05, 3.63) is 58.9 Å². The molecule has 1 aliphatic rings. The Labute approximate surface area is 157 Å². The lowest BCUT2D eigenvalue weighted by Crippen LogP contribution is -2.02. The van der Waals surface area contributed by atoms with Crippen LogP contribution >= 0.6 is 11.6 Å². The number of aryl methyl sites for hydroxylation is 1. The second-order valence-electron chi connectivity index (χ2n) is 6.41. The molecule has 6 heteroatoms. The van der Waals surface area contributed by atoms with Crippen LogP contribution in [0, 0.1) is 0 Å². The first-order chi connectivity index (χ1) is 12.7. The smallest absolute Gasteiger partial charge is 0.163 e. The molecule has 132 valence electrons. The third kappa shape index (κ3) is 3.48. The van der Waals surface area contributed by atoms with Crippen LogP contribution in [0.2, 0.25) is 5.02 Å². The van der Waals surface area contributed by atoms with Crippen LogP contribution in [0.4, 0.5) is 5.69 Å². The van der Waals surface area contributed by atoms with Gasteiger partial charge < -0.3 is 9.67 Å². The number of phenols is 1. The fourth-order valence-corrected chi connectivity index (χ4v) is 3.35. The molecule has 0 unspecified atom stereocenters. The van der Waals surface area contributed by atoms with Crippen LogP contribution in [0.25, 0.3) is 11.4 Å². The summed E-state index contributed by atoms with van der Waals surface area (Å²) >= 11 is 5.96. The van der Waals surface area contributed by atoms with Crippen molar-refractivity contribution in [2.24, 2.45) is 4.99 Å². The summed E-state index contributed by atoms with van der Waals surface area (Å²) < 4.78 is 2.23. The molecule has 5 nitrogen and oxygen atoms in total. The van der Waals surface area contributed by atoms with Gasteiger partial charge in [-0.1, -0.05) is 18.0 Å². The van der Waals surface area contributed by atoms with E-state index < -0.39 is 0 Å². The van der Waals surface area contributed by atoms with Gasteiger partial charge in [0.1, 0.15) is 11.6 Å². The summed E-state index contributed by atoms with van der Waals surface area (Å²) in [5.41, 5.74) is 2.42. The molecule has 26 heavy (non-hydrogen) atoms. The third-order valence-electron chi connectivity index (χ3n) is 4.58. The SMILES string of the molecule is Oc1ccc(Cl)cc1C=Nc1ccc(-c2nnc3n2CCCCC3)cc1. The monoisotopic (exact) mass is 366 g/mol. The minimum absolute atomic E-state index is 0.154. The van der Waals surface area contributed by atoms with Crippen molar-refractivity contribution in [2.75, 3.05) is 0 Å². The maximum Gasteiger partial charge on any atom is 0.163 e. The van der Waals surface area contributed by atoms with Crippen molar-refractivity contribution in [1.29, 1.82) is 0 Å². The van der Waals surface area contributed by atoms with E-state index in [1.165, 1.54) is 19.3 Å². The number of benzene rings is 2. The fourth-order valence-electron chi connectivity index (χ4n) is 3.17. The highest BCUT2D eigenvalue weighted by Gasteiger charge is 2.15. The van der Waals surface area contributed by atoms with E-state index in [0.717, 1.165) is 35.9 Å². The molecule has 2 aromatic carbocycles. The molecule has 4 rings (SSSR count). The zero-order valence-corrected chi connectivity index (χ0v) is 15.0. The number of rotatable bonds is 3. The van der Waals surface area contributed by atoms with Gasteiger partial charge in [0, 0.05) is 35.3 Å². The van der Waals surface area contributed by atoms with Gasteiger partial charge in [-0.3, -0.25) is 4.99 Å². The van der Waals surface area contributed by atoms with Crippen molar-refractivity contribution in [3.63, 3.8) is 0 Å². The Kier molecular flexibility index (Phi) is 4.71. The van der Waals surface area contributed by atoms with Crippen LogP contribution in [0.1, 0.15) is 30.7 Å². The van der Waals surface area contributed by atoms with E-state index in [9.17, 15) is 5.11 Å². The highest BCUT2D eigenvalue weighted by atomic mass is 35.5. The quantitative estimate of drug-likeness (QED) is 0.678. The predicted octanol–water partition coefficient (Wildman–Crippen LogP) is 4.78. The molecule has 1 aliphatic heterocycles. The van der Waals surface area contributed by atoms with Crippen LogP contribution in [0.15, 0.2) is 47.5 Å². The molecule has 3 aromatic rings. The van der Waals surface area contributed by atoms with Crippen molar-refractivity contribution in [3.8, 4) is 17.1 Å². The molecule has 0 atom stereocenters. The van der Waals surface area contributed by atoms with Crippen LogP contribution in [0.3, 0.4) is 0 Å². The third-order valence-corrected chi connectivity index (χ3v) is 4.81. The van der Waals surface area contributed by atoms with Gasteiger partial charge in [-0.25, -0.2) is 0 Å². The maximum absolute atomic E-state index is 9.85. The lowest BCUT2D eigenvalue weighted by Gasteiger charge is -2.07. The highest BCUT2D eigenvalue weighted by molar-refractivity contribution is 6.30. The zero-order chi connectivity index (χ0) is 17.9. The number of halogens is 1. The molecule has 1 N–H and O–H groups in total. The number of aromatic hydroxyl groups is 1. The first-order valence-electron chi connectivity index (χ1n) is 8.76. The number of fused-ring (bicyclic) bond motifs is 1. The van der Waals surface area contributed by atoms with E-state index in [-0.39, 0.29) is 5.75 Å². The predicted molar refractivity (Wildman–Crippen MR) is 103 cm³/mol. The molecule has 2 heterocycles. The molecule has 0 bridgehead atoms. The fraction of sp³-hybridized carbons (Fsp3) is 0.250. The van der Waals surface area contributed by atoms with E-state index in [1.807, 2.05) is 24.3 Å². The Hall–Kier alpha value is -2.66. The van der Waals surface area contributed by atoms with Crippen LogP contribution in [-0.2, 0) is 13.0 Å². The highest BCUT2D eigenvalue weighted by Crippen LogP contribution is 2.25. The Morgan fingerprint density at radius 2 is 1.88 bits per heavy atom. The second kappa shape index (κ2) is 7.30. The van der Waals surface area contributed by atoms with Crippen molar-refractivity contribution in [1.82, 2.24) is 14.8 Å². The van der Waals surface area contributed by atoms with E-state index in [2.05, 4.69) is 19.8 Å². The summed E-state index contributed by atoms with van der Waals surface area (Å²) in [6, 6.07) is 12.8. The molecule has 0 aliphatic carbocycles. The van der Waals surface area contributed by atoms with E-state index in [0.29, 0.717) is 10.6 Å². The standard InChI is InChI=1S/C20H19ClN4O/c21-16-7-10-18(26)15(12-16)13-22-17-8-5-14(6-9-17)20-24-23-19-4-2-1-3-11-25(19)20/h5-10,12-13,26H,1-4,11H2. The molecule has 1 aromatic heterocycles. The topological polar surface area (TPSA) is 63.3 Å². The number of phenolic OH excluding ortho intramolecular Hbond substituents is 1. The molecular formula is C20H19ClN4O. The number of hydrogen-bond acceptors (Lipinski definition) is 4. The molecule has 0 amide bonds. The molecule has 0 radical (unpaired) electrons. The van der Waals surface area contributed by atoms with Gasteiger partial charge in [0.2, 0.25) is 0 Å². The second-order valence-corrected chi connectivity index (χ2v) is 6.85.